The maximum atomic E-state index is 11.9. The minimum Gasteiger partial charge on any atom is -0.465 e. The van der Waals surface area contributed by atoms with E-state index in [0.717, 1.165) is 5.69 Å². The third kappa shape index (κ3) is 3.21. The van der Waals surface area contributed by atoms with Gasteiger partial charge in [-0.3, -0.25) is 0 Å². The predicted molar refractivity (Wildman–Crippen MR) is 101 cm³/mol. The Hall–Kier alpha value is -3.06. The van der Waals surface area contributed by atoms with E-state index in [1.165, 1.54) is 19.2 Å². The molecule has 0 amide bonds. The maximum absolute atomic E-state index is 11.9. The van der Waals surface area contributed by atoms with Crippen molar-refractivity contribution in [1.29, 1.82) is 10.5 Å². The molecular weight excluding hydrogens is 387 g/mol. The summed E-state index contributed by atoms with van der Waals surface area (Å²) in [6, 6.07) is 10.4. The zero-order valence-corrected chi connectivity index (χ0v) is 15.9. The summed E-state index contributed by atoms with van der Waals surface area (Å²) in [4.78, 5) is 16.2. The molecule has 6 nitrogen and oxygen atoms in total. The molecule has 27 heavy (non-hydrogen) atoms. The molecule has 0 unspecified atom stereocenters. The van der Waals surface area contributed by atoms with Crippen LogP contribution in [0, 0.1) is 22.7 Å². The molecule has 0 saturated heterocycles. The first kappa shape index (κ1) is 18.7. The Morgan fingerprint density at radius 1 is 1.26 bits per heavy atom. The second kappa shape index (κ2) is 7.28. The number of esters is 1. The highest BCUT2D eigenvalue weighted by Crippen LogP contribution is 2.32. The average Bonchev–Trinajstić information content (AvgIpc) is 2.99. The number of halogens is 2. The molecule has 0 spiro atoms. The number of hydrogen-bond acceptors (Lipinski definition) is 5. The lowest BCUT2D eigenvalue weighted by Gasteiger charge is -2.11. The van der Waals surface area contributed by atoms with E-state index in [0.29, 0.717) is 33.6 Å². The van der Waals surface area contributed by atoms with Crippen LogP contribution in [-0.4, -0.2) is 22.6 Å². The van der Waals surface area contributed by atoms with Gasteiger partial charge in [0.1, 0.15) is 17.4 Å². The number of nitrogens with zero attached hydrogens (tertiary/aromatic N) is 4. The van der Waals surface area contributed by atoms with E-state index in [1.54, 1.807) is 23.7 Å². The summed E-state index contributed by atoms with van der Waals surface area (Å²) >= 11 is 12.7. The lowest BCUT2D eigenvalue weighted by Crippen LogP contribution is -2.06. The molecule has 0 aliphatic rings. The van der Waals surface area contributed by atoms with Crippen molar-refractivity contribution in [2.75, 3.05) is 7.11 Å². The highest BCUT2D eigenvalue weighted by Gasteiger charge is 2.19. The third-order valence-corrected chi connectivity index (χ3v) is 5.07. The number of fused-ring (bicyclic) bond motifs is 1. The largest absolute Gasteiger partial charge is 0.465 e. The molecule has 2 heterocycles. The maximum Gasteiger partial charge on any atom is 0.339 e. The summed E-state index contributed by atoms with van der Waals surface area (Å²) in [5, 5.41) is 19.7. The van der Waals surface area contributed by atoms with Crippen LogP contribution in [0.15, 0.2) is 24.3 Å². The summed E-state index contributed by atoms with van der Waals surface area (Å²) in [6.07, 6.45) is 0.308. The van der Waals surface area contributed by atoms with Crippen molar-refractivity contribution in [3.05, 3.63) is 62.4 Å². The van der Waals surface area contributed by atoms with Crippen molar-refractivity contribution in [3.8, 4) is 12.1 Å². The smallest absolute Gasteiger partial charge is 0.339 e. The van der Waals surface area contributed by atoms with Gasteiger partial charge in [0.05, 0.1) is 29.3 Å². The average molecular weight is 399 g/mol. The van der Waals surface area contributed by atoms with Gasteiger partial charge in [0.15, 0.2) is 0 Å². The molecule has 2 aromatic heterocycles. The van der Waals surface area contributed by atoms with Crippen LogP contribution in [0.1, 0.15) is 32.9 Å². The normalized spacial score (nSPS) is 10.4. The van der Waals surface area contributed by atoms with Crippen LogP contribution in [0.5, 0.6) is 0 Å². The van der Waals surface area contributed by atoms with Crippen LogP contribution in [-0.2, 0) is 18.2 Å². The van der Waals surface area contributed by atoms with Crippen molar-refractivity contribution in [2.24, 2.45) is 7.05 Å². The Labute approximate surface area is 165 Å². The fourth-order valence-corrected chi connectivity index (χ4v) is 3.45. The van der Waals surface area contributed by atoms with Crippen LogP contribution < -0.4 is 0 Å². The second-order valence-corrected chi connectivity index (χ2v) is 6.55. The molecule has 3 rings (SSSR count). The van der Waals surface area contributed by atoms with E-state index in [4.69, 9.17) is 33.2 Å². The van der Waals surface area contributed by atoms with Gasteiger partial charge >= 0.3 is 5.97 Å². The molecule has 0 radical (unpaired) electrons. The van der Waals surface area contributed by atoms with Crippen molar-refractivity contribution in [1.82, 2.24) is 9.55 Å². The van der Waals surface area contributed by atoms with Gasteiger partial charge in [-0.2, -0.15) is 10.5 Å². The van der Waals surface area contributed by atoms with E-state index in [-0.39, 0.29) is 16.3 Å². The first-order valence-electron chi connectivity index (χ1n) is 7.76. The fourth-order valence-electron chi connectivity index (χ4n) is 2.87. The SMILES string of the molecule is COC(=O)c1ccc(Cl)c(Cc2cc3c(C#N)cc(C#N)nc3n2C)c1Cl. The number of hydrogen-bond donors (Lipinski definition) is 0. The van der Waals surface area contributed by atoms with E-state index in [1.807, 2.05) is 6.07 Å². The number of aromatic nitrogens is 2. The highest BCUT2D eigenvalue weighted by molar-refractivity contribution is 6.38. The van der Waals surface area contributed by atoms with Gasteiger partial charge in [-0.1, -0.05) is 23.2 Å². The molecule has 0 bridgehead atoms. The minimum atomic E-state index is -0.554. The zero-order valence-electron chi connectivity index (χ0n) is 14.4. The second-order valence-electron chi connectivity index (χ2n) is 5.77. The lowest BCUT2D eigenvalue weighted by atomic mass is 10.1. The number of aryl methyl sites for hydroxylation is 1. The zero-order chi connectivity index (χ0) is 19.7. The van der Waals surface area contributed by atoms with E-state index < -0.39 is 5.97 Å². The molecule has 0 aliphatic carbocycles. The first-order valence-corrected chi connectivity index (χ1v) is 8.51. The van der Waals surface area contributed by atoms with Gasteiger partial charge < -0.3 is 9.30 Å². The van der Waals surface area contributed by atoms with E-state index in [2.05, 4.69) is 11.1 Å². The quantitative estimate of drug-likeness (QED) is 0.621. The molecule has 3 aromatic rings. The van der Waals surface area contributed by atoms with Crippen molar-refractivity contribution in [2.45, 2.75) is 6.42 Å². The Morgan fingerprint density at radius 3 is 2.63 bits per heavy atom. The van der Waals surface area contributed by atoms with Crippen LogP contribution >= 0.6 is 23.2 Å². The van der Waals surface area contributed by atoms with Gasteiger partial charge in [0, 0.05) is 29.6 Å². The van der Waals surface area contributed by atoms with Gasteiger partial charge in [-0.15, -0.1) is 0 Å². The lowest BCUT2D eigenvalue weighted by molar-refractivity contribution is 0.0601. The molecule has 8 heteroatoms. The number of pyridine rings is 1. The Balaban J connectivity index is 2.16. The van der Waals surface area contributed by atoms with Gasteiger partial charge in [0.25, 0.3) is 0 Å². The molecule has 1 aromatic carbocycles. The molecule has 134 valence electrons. The number of carbonyl (C=O) groups excluding carboxylic acids is 1. The minimum absolute atomic E-state index is 0.163. The third-order valence-electron chi connectivity index (χ3n) is 4.28. The molecule has 0 atom stereocenters. The Morgan fingerprint density at radius 2 is 2.00 bits per heavy atom. The number of nitriles is 2. The standard InChI is InChI=1S/C19H12Cl2N4O2/c1-25-12(6-14-10(8-22)5-11(9-23)24-18(14)25)7-15-16(20)4-3-13(17(15)21)19(26)27-2/h3-6H,7H2,1-2H3. The molecule has 0 aliphatic heterocycles. The molecule has 0 saturated carbocycles. The summed E-state index contributed by atoms with van der Waals surface area (Å²) in [6.45, 7) is 0. The van der Waals surface area contributed by atoms with Gasteiger partial charge in [-0.05, 0) is 29.8 Å². The number of carbonyl (C=O) groups is 1. The Kier molecular flexibility index (Phi) is 5.05. The summed E-state index contributed by atoms with van der Waals surface area (Å²) in [5.74, 6) is -0.554. The highest BCUT2D eigenvalue weighted by atomic mass is 35.5. The van der Waals surface area contributed by atoms with Crippen molar-refractivity contribution >= 4 is 40.2 Å². The summed E-state index contributed by atoms with van der Waals surface area (Å²) < 4.78 is 6.51. The van der Waals surface area contributed by atoms with Crippen molar-refractivity contribution < 1.29 is 9.53 Å². The van der Waals surface area contributed by atoms with Crippen LogP contribution in [0.4, 0.5) is 0 Å². The Bertz CT molecular complexity index is 1170. The summed E-state index contributed by atoms with van der Waals surface area (Å²) in [7, 11) is 3.05. The van der Waals surface area contributed by atoms with Gasteiger partial charge in [0.2, 0.25) is 0 Å². The van der Waals surface area contributed by atoms with E-state index in [9.17, 15) is 10.1 Å². The predicted octanol–water partition coefficient (Wildman–Crippen LogP) is 4.00. The van der Waals surface area contributed by atoms with Crippen LogP contribution in [0.25, 0.3) is 11.0 Å². The van der Waals surface area contributed by atoms with Crippen LogP contribution in [0.2, 0.25) is 10.0 Å². The molecular formula is C19H12Cl2N4O2. The summed E-state index contributed by atoms with van der Waals surface area (Å²) in [5.41, 5.74) is 2.59. The number of ether oxygens (including phenoxy) is 1. The van der Waals surface area contributed by atoms with Crippen LogP contribution in [0.3, 0.4) is 0 Å². The topological polar surface area (TPSA) is 91.7 Å². The van der Waals surface area contributed by atoms with E-state index >= 15 is 0 Å². The number of methoxy groups -OCH3 is 1. The van der Waals surface area contributed by atoms with Crippen molar-refractivity contribution in [3.63, 3.8) is 0 Å². The first-order chi connectivity index (χ1) is 12.9. The fraction of sp³-hybridized carbons (Fsp3) is 0.158. The monoisotopic (exact) mass is 398 g/mol. The number of rotatable bonds is 3. The molecule has 0 fully saturated rings. The molecule has 0 N–H and O–H groups in total. The number of benzene rings is 1. The van der Waals surface area contributed by atoms with Gasteiger partial charge in [-0.25, -0.2) is 9.78 Å².